The zero-order valence-electron chi connectivity index (χ0n) is 13.3. The maximum Gasteiger partial charge on any atom is 0.416 e. The quantitative estimate of drug-likeness (QED) is 0.701. The Hall–Kier alpha value is -1.76. The van der Waals surface area contributed by atoms with Gasteiger partial charge in [0.25, 0.3) is 0 Å². The molecule has 0 saturated carbocycles. The monoisotopic (exact) mass is 333 g/mol. The normalized spacial score (nSPS) is 12.0. The van der Waals surface area contributed by atoms with Crippen LogP contribution in [0.4, 0.5) is 13.2 Å². The van der Waals surface area contributed by atoms with E-state index < -0.39 is 17.7 Å². The summed E-state index contributed by atoms with van der Waals surface area (Å²) in [5.41, 5.74) is -0.734. The molecule has 0 amide bonds. The molecular formula is C16H22F3NO3. The lowest BCUT2D eigenvalue weighted by molar-refractivity contribution is -0.139. The molecule has 0 unspecified atom stereocenters. The van der Waals surface area contributed by atoms with Crippen molar-refractivity contribution in [3.05, 3.63) is 29.8 Å². The highest BCUT2D eigenvalue weighted by atomic mass is 19.4. The maximum atomic E-state index is 12.6. The number of carboxylic acids is 1. The van der Waals surface area contributed by atoms with E-state index in [1.807, 2.05) is 18.7 Å². The summed E-state index contributed by atoms with van der Waals surface area (Å²) < 4.78 is 43.0. The van der Waals surface area contributed by atoms with Crippen LogP contribution in [0, 0.1) is 0 Å². The Kier molecular flexibility index (Phi) is 7.35. The summed E-state index contributed by atoms with van der Waals surface area (Å²) in [4.78, 5) is 12.6. The zero-order valence-corrected chi connectivity index (χ0v) is 13.3. The van der Waals surface area contributed by atoms with E-state index in [0.29, 0.717) is 26.0 Å². The maximum absolute atomic E-state index is 12.6. The van der Waals surface area contributed by atoms with E-state index in [4.69, 9.17) is 9.84 Å². The Morgan fingerprint density at radius 1 is 1.30 bits per heavy atom. The third-order valence-corrected chi connectivity index (χ3v) is 3.34. The largest absolute Gasteiger partial charge is 0.494 e. The molecule has 1 aromatic rings. The summed E-state index contributed by atoms with van der Waals surface area (Å²) in [5.74, 6) is -0.690. The van der Waals surface area contributed by atoms with Gasteiger partial charge >= 0.3 is 12.1 Å². The van der Waals surface area contributed by atoms with Crippen molar-refractivity contribution in [2.45, 2.75) is 38.9 Å². The first-order valence-electron chi connectivity index (χ1n) is 7.46. The molecule has 23 heavy (non-hydrogen) atoms. The minimum absolute atomic E-state index is 0.0217. The molecule has 0 fully saturated rings. The van der Waals surface area contributed by atoms with Gasteiger partial charge in [-0.05, 0) is 51.4 Å². The van der Waals surface area contributed by atoms with E-state index >= 15 is 0 Å². The molecule has 0 aliphatic rings. The number of halogens is 3. The molecule has 0 aliphatic heterocycles. The highest BCUT2D eigenvalue weighted by molar-refractivity contribution is 5.69. The van der Waals surface area contributed by atoms with E-state index in [1.165, 1.54) is 12.1 Å². The number of carbonyl (C=O) groups is 1. The van der Waals surface area contributed by atoms with Crippen LogP contribution in [0.1, 0.15) is 32.3 Å². The van der Waals surface area contributed by atoms with E-state index in [9.17, 15) is 18.0 Å². The molecule has 0 saturated heterocycles. The Morgan fingerprint density at radius 3 is 2.57 bits per heavy atom. The molecule has 1 rings (SSSR count). The number of benzene rings is 1. The smallest absolute Gasteiger partial charge is 0.416 e. The number of hydrogen-bond acceptors (Lipinski definition) is 3. The first-order chi connectivity index (χ1) is 10.7. The number of hydrogen-bond donors (Lipinski definition) is 1. The molecule has 0 heterocycles. The zero-order chi connectivity index (χ0) is 17.5. The third kappa shape index (κ3) is 7.36. The van der Waals surface area contributed by atoms with Crippen LogP contribution < -0.4 is 4.74 Å². The first kappa shape index (κ1) is 19.3. The van der Waals surface area contributed by atoms with Gasteiger partial charge in [-0.2, -0.15) is 13.2 Å². The molecule has 0 bridgehead atoms. The van der Waals surface area contributed by atoms with Crippen LogP contribution in [0.3, 0.4) is 0 Å². The van der Waals surface area contributed by atoms with Crippen molar-refractivity contribution in [2.24, 2.45) is 0 Å². The molecular weight excluding hydrogens is 311 g/mol. The molecule has 7 heteroatoms. The summed E-state index contributed by atoms with van der Waals surface area (Å²) in [5, 5.41) is 8.82. The van der Waals surface area contributed by atoms with Gasteiger partial charge in [0.15, 0.2) is 0 Å². The van der Waals surface area contributed by atoms with Crippen molar-refractivity contribution in [2.75, 3.05) is 19.7 Å². The molecule has 0 aromatic heterocycles. The Bertz CT molecular complexity index is 504. The molecule has 0 spiro atoms. The van der Waals surface area contributed by atoms with Gasteiger partial charge in [0.05, 0.1) is 18.7 Å². The predicted octanol–water partition coefficient (Wildman–Crippen LogP) is 3.66. The summed E-state index contributed by atoms with van der Waals surface area (Å²) in [7, 11) is 0. The van der Waals surface area contributed by atoms with Crippen LogP contribution in [0.5, 0.6) is 5.75 Å². The average molecular weight is 333 g/mol. The Labute approximate surface area is 133 Å². The van der Waals surface area contributed by atoms with E-state index in [0.717, 1.165) is 12.1 Å². The number of alkyl halides is 3. The highest BCUT2D eigenvalue weighted by Gasteiger charge is 2.30. The second-order valence-electron chi connectivity index (χ2n) is 5.54. The van der Waals surface area contributed by atoms with Gasteiger partial charge in [-0.1, -0.05) is 6.07 Å². The predicted molar refractivity (Wildman–Crippen MR) is 80.5 cm³/mol. The van der Waals surface area contributed by atoms with Crippen molar-refractivity contribution in [1.82, 2.24) is 4.90 Å². The average Bonchev–Trinajstić information content (AvgIpc) is 2.44. The van der Waals surface area contributed by atoms with Crippen LogP contribution in [-0.2, 0) is 11.0 Å². The van der Waals surface area contributed by atoms with Gasteiger partial charge < -0.3 is 9.84 Å². The first-order valence-corrected chi connectivity index (χ1v) is 7.46. The fourth-order valence-corrected chi connectivity index (χ4v) is 2.06. The van der Waals surface area contributed by atoms with Gasteiger partial charge in [0, 0.05) is 6.04 Å². The summed E-state index contributed by atoms with van der Waals surface area (Å²) in [6, 6.07) is 4.89. The molecule has 1 aromatic carbocycles. The number of unbranched alkanes of at least 4 members (excludes halogenated alkanes) is 1. The van der Waals surface area contributed by atoms with Crippen LogP contribution in [0.25, 0.3) is 0 Å². The van der Waals surface area contributed by atoms with Crippen LogP contribution >= 0.6 is 0 Å². The summed E-state index contributed by atoms with van der Waals surface area (Å²) in [6.45, 7) is 4.71. The van der Waals surface area contributed by atoms with Crippen molar-refractivity contribution < 1.29 is 27.8 Å². The van der Waals surface area contributed by atoms with Crippen LogP contribution in [0.15, 0.2) is 24.3 Å². The van der Waals surface area contributed by atoms with Crippen molar-refractivity contribution in [3.8, 4) is 5.75 Å². The number of rotatable bonds is 9. The van der Waals surface area contributed by atoms with Crippen LogP contribution in [-0.4, -0.2) is 41.7 Å². The van der Waals surface area contributed by atoms with Crippen molar-refractivity contribution in [3.63, 3.8) is 0 Å². The highest BCUT2D eigenvalue weighted by Crippen LogP contribution is 2.31. The SMILES string of the molecule is CC(C)N(CCCCOc1cccc(C(F)(F)F)c1)CC(=O)O. The van der Waals surface area contributed by atoms with Gasteiger partial charge in [0.1, 0.15) is 5.75 Å². The second-order valence-corrected chi connectivity index (χ2v) is 5.54. The van der Waals surface area contributed by atoms with Gasteiger partial charge in [-0.3, -0.25) is 9.69 Å². The molecule has 130 valence electrons. The number of ether oxygens (including phenoxy) is 1. The topological polar surface area (TPSA) is 49.8 Å². The van der Waals surface area contributed by atoms with E-state index in [2.05, 4.69) is 0 Å². The van der Waals surface area contributed by atoms with E-state index in [1.54, 1.807) is 0 Å². The van der Waals surface area contributed by atoms with Gasteiger partial charge in [0.2, 0.25) is 0 Å². The minimum atomic E-state index is -4.38. The molecule has 0 aliphatic carbocycles. The van der Waals surface area contributed by atoms with Gasteiger partial charge in [-0.25, -0.2) is 0 Å². The summed E-state index contributed by atoms with van der Waals surface area (Å²) >= 11 is 0. The Balaban J connectivity index is 2.36. The molecule has 0 atom stereocenters. The number of aliphatic carboxylic acids is 1. The third-order valence-electron chi connectivity index (χ3n) is 3.34. The second kappa shape index (κ2) is 8.76. The van der Waals surface area contributed by atoms with Crippen LogP contribution in [0.2, 0.25) is 0 Å². The van der Waals surface area contributed by atoms with Crippen molar-refractivity contribution >= 4 is 5.97 Å². The number of carboxylic acid groups (broad SMARTS) is 1. The summed E-state index contributed by atoms with van der Waals surface area (Å²) in [6.07, 6.45) is -3.03. The van der Waals surface area contributed by atoms with Gasteiger partial charge in [-0.15, -0.1) is 0 Å². The standard InChI is InChI=1S/C16H22F3NO3/c1-12(2)20(11-15(21)22)8-3-4-9-23-14-7-5-6-13(10-14)16(17,18)19/h5-7,10,12H,3-4,8-9,11H2,1-2H3,(H,21,22). The lowest BCUT2D eigenvalue weighted by atomic mass is 10.2. The number of nitrogens with zero attached hydrogens (tertiary/aromatic N) is 1. The van der Waals surface area contributed by atoms with E-state index in [-0.39, 0.29) is 18.3 Å². The fourth-order valence-electron chi connectivity index (χ4n) is 2.06. The minimum Gasteiger partial charge on any atom is -0.494 e. The Morgan fingerprint density at radius 2 is 2.00 bits per heavy atom. The van der Waals surface area contributed by atoms with Crippen molar-refractivity contribution in [1.29, 1.82) is 0 Å². The molecule has 1 N–H and O–H groups in total. The fraction of sp³-hybridized carbons (Fsp3) is 0.562. The molecule has 0 radical (unpaired) electrons. The molecule has 4 nitrogen and oxygen atoms in total. The lowest BCUT2D eigenvalue weighted by Crippen LogP contribution is -2.36. The lowest BCUT2D eigenvalue weighted by Gasteiger charge is -2.24.